The van der Waals surface area contributed by atoms with Crippen molar-refractivity contribution in [1.29, 1.82) is 0 Å². The second-order valence-electron chi connectivity index (χ2n) is 6.70. The Labute approximate surface area is 170 Å². The maximum atomic E-state index is 12.5. The fourth-order valence-corrected chi connectivity index (χ4v) is 3.09. The maximum Gasteiger partial charge on any atom is 0.341 e. The Morgan fingerprint density at radius 2 is 1.93 bits per heavy atom. The molecule has 0 bridgehead atoms. The lowest BCUT2D eigenvalue weighted by Crippen LogP contribution is -2.12. The van der Waals surface area contributed by atoms with E-state index in [-0.39, 0.29) is 0 Å². The Bertz CT molecular complexity index is 1040. The van der Waals surface area contributed by atoms with Crippen LogP contribution < -0.4 is 4.74 Å². The van der Waals surface area contributed by atoms with Crippen molar-refractivity contribution in [2.45, 2.75) is 20.3 Å². The van der Waals surface area contributed by atoms with E-state index in [2.05, 4.69) is 11.9 Å². The zero-order valence-corrected chi connectivity index (χ0v) is 17.5. The van der Waals surface area contributed by atoms with Crippen LogP contribution in [0.2, 0.25) is 0 Å². The van der Waals surface area contributed by atoms with E-state index in [1.165, 1.54) is 0 Å². The molecule has 0 spiro atoms. The van der Waals surface area contributed by atoms with Gasteiger partial charge in [-0.05, 0) is 37.1 Å². The molecule has 2 aromatic heterocycles. The molecule has 3 aromatic rings. The summed E-state index contributed by atoms with van der Waals surface area (Å²) in [5.41, 5.74) is 4.56. The third-order valence-corrected chi connectivity index (χ3v) is 4.49. The van der Waals surface area contributed by atoms with E-state index >= 15 is 0 Å². The van der Waals surface area contributed by atoms with Crippen molar-refractivity contribution in [3.05, 3.63) is 53.6 Å². The summed E-state index contributed by atoms with van der Waals surface area (Å²) in [5.74, 6) is 0.371. The average molecular weight is 394 g/mol. The predicted molar refractivity (Wildman–Crippen MR) is 113 cm³/mol. The number of aryl methyl sites for hydroxylation is 1. The van der Waals surface area contributed by atoms with Gasteiger partial charge in [-0.15, -0.1) is 0 Å². The molecule has 3 rings (SSSR count). The van der Waals surface area contributed by atoms with Gasteiger partial charge < -0.3 is 14.4 Å². The lowest BCUT2D eigenvalue weighted by Gasteiger charge is -2.09. The minimum Gasteiger partial charge on any atom is -0.497 e. The molecule has 29 heavy (non-hydrogen) atoms. The number of carbonyl (C=O) groups excluding carboxylic acids is 1. The molecule has 152 valence electrons. The van der Waals surface area contributed by atoms with Crippen LogP contribution >= 0.6 is 0 Å². The summed E-state index contributed by atoms with van der Waals surface area (Å²) in [6.07, 6.45) is 6.02. The largest absolute Gasteiger partial charge is 0.497 e. The van der Waals surface area contributed by atoms with Gasteiger partial charge in [-0.2, -0.15) is 5.10 Å². The van der Waals surface area contributed by atoms with Crippen molar-refractivity contribution in [2.75, 3.05) is 27.8 Å². The topological polar surface area (TPSA) is 69.0 Å². The standard InChI is InChI=1S/C22H26N4O3/c1-6-18-20(15-8-10-16(28-5)11-9-15)21-23-14-17(22(27)29-7-2)19(26(21)24-18)12-13-25(3)4/h8-14H,6-7H2,1-5H3. The Kier molecular flexibility index (Phi) is 6.16. The number of rotatable bonds is 7. The van der Waals surface area contributed by atoms with Crippen LogP contribution in [0.15, 0.2) is 36.7 Å². The molecule has 0 saturated heterocycles. The lowest BCUT2D eigenvalue weighted by atomic mass is 10.0. The highest BCUT2D eigenvalue weighted by atomic mass is 16.5. The second kappa shape index (κ2) is 8.77. The van der Waals surface area contributed by atoms with E-state index in [0.29, 0.717) is 23.5 Å². The molecule has 0 aliphatic heterocycles. The summed E-state index contributed by atoms with van der Waals surface area (Å²) in [6.45, 7) is 4.13. The normalized spacial score (nSPS) is 11.2. The molecule has 0 atom stereocenters. The van der Waals surface area contributed by atoms with Gasteiger partial charge in [-0.25, -0.2) is 14.3 Å². The van der Waals surface area contributed by atoms with Crippen LogP contribution in [-0.2, 0) is 11.2 Å². The van der Waals surface area contributed by atoms with Gasteiger partial charge in [-0.1, -0.05) is 19.1 Å². The van der Waals surface area contributed by atoms with E-state index in [1.54, 1.807) is 24.7 Å². The second-order valence-corrected chi connectivity index (χ2v) is 6.70. The van der Waals surface area contributed by atoms with Crippen LogP contribution in [-0.4, -0.2) is 53.3 Å². The molecule has 2 heterocycles. The van der Waals surface area contributed by atoms with E-state index in [9.17, 15) is 4.79 Å². The smallest absolute Gasteiger partial charge is 0.341 e. The lowest BCUT2D eigenvalue weighted by molar-refractivity contribution is 0.0525. The minimum atomic E-state index is -0.417. The predicted octanol–water partition coefficient (Wildman–Crippen LogP) is 3.68. The van der Waals surface area contributed by atoms with Gasteiger partial charge in [0, 0.05) is 32.1 Å². The number of ether oxygens (including phenoxy) is 2. The highest BCUT2D eigenvalue weighted by molar-refractivity contribution is 5.94. The van der Waals surface area contributed by atoms with E-state index < -0.39 is 5.97 Å². The molecule has 0 fully saturated rings. The number of methoxy groups -OCH3 is 1. The van der Waals surface area contributed by atoms with E-state index in [0.717, 1.165) is 29.0 Å². The molecule has 0 N–H and O–H groups in total. The minimum absolute atomic E-state index is 0.296. The third kappa shape index (κ3) is 4.08. The Balaban J connectivity index is 2.26. The molecular formula is C22H26N4O3. The Morgan fingerprint density at radius 1 is 1.21 bits per heavy atom. The van der Waals surface area contributed by atoms with Gasteiger partial charge in [0.15, 0.2) is 5.65 Å². The van der Waals surface area contributed by atoms with Gasteiger partial charge in [0.2, 0.25) is 0 Å². The van der Waals surface area contributed by atoms with Crippen LogP contribution in [0.4, 0.5) is 0 Å². The number of nitrogens with zero attached hydrogens (tertiary/aromatic N) is 4. The number of aromatic nitrogens is 3. The van der Waals surface area contributed by atoms with Crippen molar-refractivity contribution in [1.82, 2.24) is 19.5 Å². The SMILES string of the molecule is CCOC(=O)c1cnc2c(-c3ccc(OC)cc3)c(CC)nn2c1C=CN(C)C. The molecule has 7 nitrogen and oxygen atoms in total. The van der Waals surface area contributed by atoms with Crippen LogP contribution in [0.1, 0.15) is 35.6 Å². The highest BCUT2D eigenvalue weighted by Gasteiger charge is 2.21. The summed E-state index contributed by atoms with van der Waals surface area (Å²) in [4.78, 5) is 19.0. The summed E-state index contributed by atoms with van der Waals surface area (Å²) < 4.78 is 12.2. The fraction of sp³-hybridized carbons (Fsp3) is 0.318. The fourth-order valence-electron chi connectivity index (χ4n) is 3.09. The number of hydrogen-bond acceptors (Lipinski definition) is 6. The molecule has 1 aromatic carbocycles. The Hall–Kier alpha value is -3.35. The van der Waals surface area contributed by atoms with Gasteiger partial charge in [-0.3, -0.25) is 0 Å². The van der Waals surface area contributed by atoms with Gasteiger partial charge >= 0.3 is 5.97 Å². The number of hydrogen-bond donors (Lipinski definition) is 0. The van der Waals surface area contributed by atoms with Crippen LogP contribution in [0.25, 0.3) is 22.9 Å². The van der Waals surface area contributed by atoms with E-state index in [4.69, 9.17) is 14.6 Å². The first kappa shape index (κ1) is 20.4. The highest BCUT2D eigenvalue weighted by Crippen LogP contribution is 2.31. The van der Waals surface area contributed by atoms with Crippen molar-refractivity contribution in [2.24, 2.45) is 0 Å². The Morgan fingerprint density at radius 3 is 2.52 bits per heavy atom. The quantitative estimate of drug-likeness (QED) is 0.570. The number of benzene rings is 1. The molecule has 7 heteroatoms. The molecule has 0 aliphatic rings. The molecule has 0 unspecified atom stereocenters. The zero-order chi connectivity index (χ0) is 21.0. The first-order valence-corrected chi connectivity index (χ1v) is 9.56. The van der Waals surface area contributed by atoms with Gasteiger partial charge in [0.1, 0.15) is 11.3 Å². The first-order chi connectivity index (χ1) is 14.0. The number of fused-ring (bicyclic) bond motifs is 1. The maximum absolute atomic E-state index is 12.5. The van der Waals surface area contributed by atoms with Crippen LogP contribution in [0.5, 0.6) is 5.75 Å². The number of carbonyl (C=O) groups is 1. The van der Waals surface area contributed by atoms with Crippen molar-refractivity contribution in [3.8, 4) is 16.9 Å². The van der Waals surface area contributed by atoms with Crippen molar-refractivity contribution in [3.63, 3.8) is 0 Å². The third-order valence-electron chi connectivity index (χ3n) is 4.49. The van der Waals surface area contributed by atoms with Gasteiger partial charge in [0.05, 0.1) is 25.1 Å². The summed E-state index contributed by atoms with van der Waals surface area (Å²) in [7, 11) is 5.48. The first-order valence-electron chi connectivity index (χ1n) is 9.56. The van der Waals surface area contributed by atoms with Crippen molar-refractivity contribution < 1.29 is 14.3 Å². The molecule has 0 saturated carbocycles. The number of esters is 1. The summed E-state index contributed by atoms with van der Waals surface area (Å²) in [5, 5.41) is 4.78. The molecule has 0 amide bonds. The van der Waals surface area contributed by atoms with Gasteiger partial charge in [0.25, 0.3) is 0 Å². The van der Waals surface area contributed by atoms with Crippen LogP contribution in [0, 0.1) is 0 Å². The summed E-state index contributed by atoms with van der Waals surface area (Å²) in [6, 6.07) is 7.81. The monoisotopic (exact) mass is 394 g/mol. The van der Waals surface area contributed by atoms with Crippen molar-refractivity contribution >= 4 is 17.7 Å². The summed E-state index contributed by atoms with van der Waals surface area (Å²) >= 11 is 0. The molecular weight excluding hydrogens is 368 g/mol. The molecule has 0 radical (unpaired) electrons. The van der Waals surface area contributed by atoms with Crippen LogP contribution in [0.3, 0.4) is 0 Å². The zero-order valence-electron chi connectivity index (χ0n) is 17.5. The average Bonchev–Trinajstić information content (AvgIpc) is 3.10. The molecule has 0 aliphatic carbocycles. The van der Waals surface area contributed by atoms with E-state index in [1.807, 2.05) is 55.5 Å².